The summed E-state index contributed by atoms with van der Waals surface area (Å²) in [6.45, 7) is 0.758. The Morgan fingerprint density at radius 3 is 1.89 bits per heavy atom. The molecule has 0 amide bonds. The molecule has 0 radical (unpaired) electrons. The van der Waals surface area contributed by atoms with Crippen molar-refractivity contribution in [1.29, 1.82) is 5.26 Å². The maximum absolute atomic E-state index is 12.3. The van der Waals surface area contributed by atoms with Crippen LogP contribution in [0.2, 0.25) is 0 Å². The second-order valence-corrected chi connectivity index (χ2v) is 5.77. The molecule has 0 aliphatic heterocycles. The molecule has 0 atom stereocenters. The number of allylic oxidation sites excluding steroid dienone is 1. The van der Waals surface area contributed by atoms with Crippen LogP contribution in [-0.4, -0.2) is 29.9 Å². The van der Waals surface area contributed by atoms with Crippen molar-refractivity contribution in [2.24, 2.45) is 5.73 Å². The molecule has 2 N–H and O–H groups in total. The van der Waals surface area contributed by atoms with Crippen LogP contribution in [0.1, 0.15) is 38.0 Å². The third-order valence-corrected chi connectivity index (χ3v) is 3.74. The highest BCUT2D eigenvalue weighted by molar-refractivity contribution is 6.49. The Kier molecular flexibility index (Phi) is 6.55. The van der Waals surface area contributed by atoms with E-state index in [-0.39, 0.29) is 28.0 Å². The summed E-state index contributed by atoms with van der Waals surface area (Å²) in [5.41, 5.74) is 5.66. The molecule has 0 bridgehead atoms. The van der Waals surface area contributed by atoms with Gasteiger partial charge in [0, 0.05) is 16.8 Å². The number of nitrogens with zero attached hydrogens (tertiary/aromatic N) is 1. The molecule has 0 aliphatic carbocycles. The van der Waals surface area contributed by atoms with Crippen molar-refractivity contribution in [2.45, 2.75) is 6.92 Å². The molecule has 0 saturated heterocycles. The zero-order valence-electron chi connectivity index (χ0n) is 15.0. The van der Waals surface area contributed by atoms with Crippen molar-refractivity contribution in [2.75, 3.05) is 6.61 Å². The molecule has 0 unspecified atom stereocenters. The van der Waals surface area contributed by atoms with Gasteiger partial charge in [-0.1, -0.05) is 42.5 Å². The highest BCUT2D eigenvalue weighted by atomic mass is 16.5. The van der Waals surface area contributed by atoms with Crippen LogP contribution >= 0.6 is 0 Å². The van der Waals surface area contributed by atoms with Gasteiger partial charge in [-0.25, -0.2) is 4.79 Å². The number of carbonyl (C=O) groups is 4. The van der Waals surface area contributed by atoms with Gasteiger partial charge in [-0.05, 0) is 19.1 Å². The molecule has 2 aromatic carbocycles. The lowest BCUT2D eigenvalue weighted by Gasteiger charge is -2.05. The topological polar surface area (TPSA) is 127 Å². The SMILES string of the molecule is C/C(N)=C(\C#N)C(=O)COC(=O)c1ccc(C(=O)C(=O)c2ccccc2)cc1. The monoisotopic (exact) mass is 376 g/mol. The molecule has 0 aliphatic rings. The van der Waals surface area contributed by atoms with Gasteiger partial charge < -0.3 is 10.5 Å². The molecule has 140 valence electrons. The molecule has 7 nitrogen and oxygen atoms in total. The van der Waals surface area contributed by atoms with Crippen LogP contribution in [0.5, 0.6) is 0 Å². The normalized spacial score (nSPS) is 11.0. The van der Waals surface area contributed by atoms with E-state index in [1.54, 1.807) is 24.3 Å². The number of hydrogen-bond acceptors (Lipinski definition) is 7. The van der Waals surface area contributed by atoms with E-state index >= 15 is 0 Å². The number of hydrogen-bond donors (Lipinski definition) is 1. The van der Waals surface area contributed by atoms with Crippen molar-refractivity contribution >= 4 is 23.3 Å². The summed E-state index contributed by atoms with van der Waals surface area (Å²) in [7, 11) is 0. The van der Waals surface area contributed by atoms with Gasteiger partial charge in [0.05, 0.1) is 5.56 Å². The molecule has 0 heterocycles. The van der Waals surface area contributed by atoms with Gasteiger partial charge in [-0.2, -0.15) is 5.26 Å². The molecule has 0 fully saturated rings. The first-order chi connectivity index (χ1) is 13.3. The highest BCUT2D eigenvalue weighted by Gasteiger charge is 2.19. The summed E-state index contributed by atoms with van der Waals surface area (Å²) >= 11 is 0. The van der Waals surface area contributed by atoms with Crippen LogP contribution in [0.4, 0.5) is 0 Å². The van der Waals surface area contributed by atoms with Crippen molar-refractivity contribution in [3.8, 4) is 6.07 Å². The van der Waals surface area contributed by atoms with E-state index < -0.39 is 29.9 Å². The zero-order valence-corrected chi connectivity index (χ0v) is 15.0. The highest BCUT2D eigenvalue weighted by Crippen LogP contribution is 2.11. The van der Waals surface area contributed by atoms with Gasteiger partial charge >= 0.3 is 5.97 Å². The van der Waals surface area contributed by atoms with Crippen molar-refractivity contribution in [3.63, 3.8) is 0 Å². The van der Waals surface area contributed by atoms with E-state index in [1.807, 2.05) is 0 Å². The van der Waals surface area contributed by atoms with Crippen LogP contribution < -0.4 is 5.73 Å². The lowest BCUT2D eigenvalue weighted by atomic mass is 10.0. The summed E-state index contributed by atoms with van der Waals surface area (Å²) in [6, 6.07) is 15.0. The van der Waals surface area contributed by atoms with Crippen LogP contribution in [-0.2, 0) is 9.53 Å². The van der Waals surface area contributed by atoms with Crippen LogP contribution in [0.25, 0.3) is 0 Å². The maximum Gasteiger partial charge on any atom is 0.338 e. The molecular formula is C21H16N2O5. The lowest BCUT2D eigenvalue weighted by molar-refractivity contribution is -0.118. The number of benzene rings is 2. The molecule has 2 aromatic rings. The number of Topliss-reactive ketones (excluding diaryl/α,β-unsaturated/α-hetero) is 3. The van der Waals surface area contributed by atoms with Crippen LogP contribution in [0.15, 0.2) is 65.9 Å². The smallest absolute Gasteiger partial charge is 0.338 e. The van der Waals surface area contributed by atoms with Crippen LogP contribution in [0.3, 0.4) is 0 Å². The number of nitriles is 1. The minimum absolute atomic E-state index is 0.0366. The molecule has 0 saturated carbocycles. The fraction of sp³-hybridized carbons (Fsp3) is 0.0952. The average molecular weight is 376 g/mol. The van der Waals surface area contributed by atoms with E-state index in [0.717, 1.165) is 0 Å². The second kappa shape index (κ2) is 9.05. The number of esters is 1. The molecule has 28 heavy (non-hydrogen) atoms. The number of ketones is 3. The fourth-order valence-corrected chi connectivity index (χ4v) is 2.27. The Labute approximate surface area is 161 Å². The van der Waals surface area contributed by atoms with Gasteiger partial charge in [0.25, 0.3) is 0 Å². The van der Waals surface area contributed by atoms with Crippen molar-refractivity contribution in [3.05, 3.63) is 82.6 Å². The second-order valence-electron chi connectivity index (χ2n) is 5.77. The van der Waals surface area contributed by atoms with Gasteiger partial charge in [-0.15, -0.1) is 0 Å². The molecule has 2 rings (SSSR count). The standard InChI is InChI=1S/C21H16N2O5/c1-13(23)17(11-22)18(24)12-28-21(27)16-9-7-15(8-10-16)20(26)19(25)14-5-3-2-4-6-14/h2-10H,12,23H2,1H3/b17-13-. The van der Waals surface area contributed by atoms with Gasteiger partial charge in [-0.3, -0.25) is 14.4 Å². The number of rotatable bonds is 7. The third kappa shape index (κ3) is 4.77. The van der Waals surface area contributed by atoms with Crippen molar-refractivity contribution < 1.29 is 23.9 Å². The summed E-state index contributed by atoms with van der Waals surface area (Å²) in [5.74, 6) is -2.89. The minimum Gasteiger partial charge on any atom is -0.454 e. The Hall–Kier alpha value is -4.05. The predicted octanol–water partition coefficient (Wildman–Crippen LogP) is 2.23. The maximum atomic E-state index is 12.3. The van der Waals surface area contributed by atoms with E-state index in [9.17, 15) is 19.2 Å². The van der Waals surface area contributed by atoms with Crippen molar-refractivity contribution in [1.82, 2.24) is 0 Å². The zero-order chi connectivity index (χ0) is 20.7. The molecule has 7 heteroatoms. The summed E-state index contributed by atoms with van der Waals surface area (Å²) in [4.78, 5) is 48.2. The first-order valence-electron chi connectivity index (χ1n) is 8.16. The van der Waals surface area contributed by atoms with Gasteiger partial charge in [0.15, 0.2) is 6.61 Å². The van der Waals surface area contributed by atoms with E-state index in [4.69, 9.17) is 15.7 Å². The van der Waals surface area contributed by atoms with E-state index in [0.29, 0.717) is 0 Å². The number of ether oxygens (including phenoxy) is 1. The molecular weight excluding hydrogens is 360 g/mol. The average Bonchev–Trinajstić information content (AvgIpc) is 2.72. The Morgan fingerprint density at radius 1 is 0.893 bits per heavy atom. The third-order valence-electron chi connectivity index (χ3n) is 3.74. The van der Waals surface area contributed by atoms with Crippen LogP contribution in [0, 0.1) is 11.3 Å². The predicted molar refractivity (Wildman–Crippen MR) is 99.3 cm³/mol. The molecule has 0 aromatic heterocycles. The minimum atomic E-state index is -0.811. The summed E-state index contributed by atoms with van der Waals surface area (Å²) < 4.78 is 4.86. The first-order valence-corrected chi connectivity index (χ1v) is 8.16. The fourth-order valence-electron chi connectivity index (χ4n) is 2.27. The van der Waals surface area contributed by atoms with E-state index in [2.05, 4.69) is 0 Å². The summed E-state index contributed by atoms with van der Waals surface area (Å²) in [6.07, 6.45) is 0. The number of carbonyl (C=O) groups excluding carboxylic acids is 4. The number of nitrogens with two attached hydrogens (primary N) is 1. The largest absolute Gasteiger partial charge is 0.454 e. The Bertz CT molecular complexity index is 995. The summed E-state index contributed by atoms with van der Waals surface area (Å²) in [5, 5.41) is 8.85. The lowest BCUT2D eigenvalue weighted by Crippen LogP contribution is -2.18. The van der Waals surface area contributed by atoms with Gasteiger partial charge in [0.2, 0.25) is 17.3 Å². The Morgan fingerprint density at radius 2 is 1.39 bits per heavy atom. The van der Waals surface area contributed by atoms with E-state index in [1.165, 1.54) is 43.3 Å². The van der Waals surface area contributed by atoms with Gasteiger partial charge in [0.1, 0.15) is 11.6 Å². The quantitative estimate of drug-likeness (QED) is 0.258. The molecule has 0 spiro atoms. The first kappa shape index (κ1) is 20.3. The Balaban J connectivity index is 2.04.